The highest BCUT2D eigenvalue weighted by Crippen LogP contribution is 2.33. The molecule has 0 aliphatic carbocycles. The summed E-state index contributed by atoms with van der Waals surface area (Å²) in [5, 5.41) is 0. The van der Waals surface area contributed by atoms with Gasteiger partial charge in [-0.05, 0) is 57.5 Å². The summed E-state index contributed by atoms with van der Waals surface area (Å²) in [4.78, 5) is 8.08. The third kappa shape index (κ3) is 4.03. The molecule has 2 aromatic heterocycles. The number of aromatic nitrogens is 3. The lowest BCUT2D eigenvalue weighted by atomic mass is 10.1. The summed E-state index contributed by atoms with van der Waals surface area (Å²) in [6, 6.07) is 7.29. The molecular weight excluding hydrogens is 387 g/mol. The van der Waals surface area contributed by atoms with Gasteiger partial charge in [0.1, 0.15) is 5.82 Å². The van der Waals surface area contributed by atoms with Crippen molar-refractivity contribution in [1.29, 1.82) is 0 Å². The van der Waals surface area contributed by atoms with E-state index in [1.807, 2.05) is 56.6 Å². The molecule has 0 bridgehead atoms. The Morgan fingerprint density at radius 2 is 1.90 bits per heavy atom. The number of halogens is 3. The van der Waals surface area contributed by atoms with E-state index in [2.05, 4.69) is 11.6 Å². The van der Waals surface area contributed by atoms with E-state index in [1.165, 1.54) is 12.1 Å². The number of H-pyrrole nitrogens is 1. The molecule has 3 aromatic rings. The predicted molar refractivity (Wildman–Crippen MR) is 116 cm³/mol. The summed E-state index contributed by atoms with van der Waals surface area (Å²) in [5.74, 6) is 0.681. The molecule has 0 spiro atoms. The Labute approximate surface area is 174 Å². The third-order valence-electron chi connectivity index (χ3n) is 5.00. The molecule has 0 unspecified atom stereocenters. The normalized spacial score (nSPS) is 12.7. The van der Waals surface area contributed by atoms with E-state index >= 15 is 0 Å². The fourth-order valence-corrected chi connectivity index (χ4v) is 3.57. The van der Waals surface area contributed by atoms with Gasteiger partial charge < -0.3 is 9.55 Å². The molecule has 0 aliphatic rings. The summed E-state index contributed by atoms with van der Waals surface area (Å²) < 4.78 is 41.3. The van der Waals surface area contributed by atoms with Crippen molar-refractivity contribution in [1.82, 2.24) is 14.5 Å². The van der Waals surface area contributed by atoms with Crippen LogP contribution >= 0.6 is 0 Å². The van der Waals surface area contributed by atoms with E-state index in [0.29, 0.717) is 11.5 Å². The van der Waals surface area contributed by atoms with Crippen molar-refractivity contribution in [2.75, 3.05) is 0 Å². The average Bonchev–Trinajstić information content (AvgIpc) is 3.21. The summed E-state index contributed by atoms with van der Waals surface area (Å²) in [7, 11) is 0. The zero-order valence-corrected chi connectivity index (χ0v) is 17.4. The fourth-order valence-electron chi connectivity index (χ4n) is 3.57. The molecule has 0 saturated carbocycles. The van der Waals surface area contributed by atoms with Crippen LogP contribution in [-0.2, 0) is 6.18 Å². The number of hydrogen-bond acceptors (Lipinski definition) is 1. The molecule has 2 heterocycles. The Morgan fingerprint density at radius 3 is 2.53 bits per heavy atom. The van der Waals surface area contributed by atoms with Gasteiger partial charge >= 0.3 is 6.18 Å². The minimum absolute atomic E-state index is 0.470. The molecule has 1 N–H and O–H groups in total. The Morgan fingerprint density at radius 1 is 1.17 bits per heavy atom. The van der Waals surface area contributed by atoms with Gasteiger partial charge in [-0.15, -0.1) is 0 Å². The number of alkyl halides is 3. The molecule has 3 rings (SSSR count). The molecule has 156 valence electrons. The predicted octanol–water partition coefficient (Wildman–Crippen LogP) is 6.96. The lowest BCUT2D eigenvalue weighted by Crippen LogP contribution is -2.07. The van der Waals surface area contributed by atoms with Crippen LogP contribution in [0.25, 0.3) is 22.6 Å². The monoisotopic (exact) mass is 411 g/mol. The molecule has 0 atom stereocenters. The van der Waals surface area contributed by atoms with Crippen LogP contribution in [0.15, 0.2) is 61.2 Å². The topological polar surface area (TPSA) is 33.6 Å². The SMILES string of the molecule is C=C/C=C\C(=C/C)c1nc(-c2cc(C)n(-c3cccc(C(F)(F)F)c3)c2C)[nH]c1C. The number of aromatic amines is 1. The van der Waals surface area contributed by atoms with Crippen molar-refractivity contribution in [2.24, 2.45) is 0 Å². The number of nitrogens with zero attached hydrogens (tertiary/aromatic N) is 2. The van der Waals surface area contributed by atoms with E-state index in [0.717, 1.165) is 40.0 Å². The number of hydrogen-bond donors (Lipinski definition) is 1. The minimum atomic E-state index is -4.39. The number of allylic oxidation sites excluding steroid dienone is 5. The highest BCUT2D eigenvalue weighted by molar-refractivity contribution is 5.75. The first-order valence-corrected chi connectivity index (χ1v) is 9.56. The van der Waals surface area contributed by atoms with Gasteiger partial charge in [0.2, 0.25) is 0 Å². The van der Waals surface area contributed by atoms with Gasteiger partial charge in [-0.3, -0.25) is 0 Å². The van der Waals surface area contributed by atoms with Crippen LogP contribution in [0.4, 0.5) is 13.2 Å². The van der Waals surface area contributed by atoms with E-state index in [-0.39, 0.29) is 0 Å². The average molecular weight is 411 g/mol. The zero-order valence-electron chi connectivity index (χ0n) is 17.4. The molecule has 0 amide bonds. The van der Waals surface area contributed by atoms with Crippen LogP contribution in [0.5, 0.6) is 0 Å². The minimum Gasteiger partial charge on any atom is -0.341 e. The molecule has 0 aliphatic heterocycles. The Balaban J connectivity index is 2.09. The van der Waals surface area contributed by atoms with Crippen LogP contribution in [0.1, 0.15) is 35.3 Å². The van der Waals surface area contributed by atoms with E-state index in [1.54, 1.807) is 12.1 Å². The molecule has 0 saturated heterocycles. The first kappa shape index (κ1) is 21.4. The molecule has 30 heavy (non-hydrogen) atoms. The van der Waals surface area contributed by atoms with Gasteiger partial charge in [0.15, 0.2) is 0 Å². The van der Waals surface area contributed by atoms with Gasteiger partial charge in [-0.25, -0.2) is 4.98 Å². The number of aryl methyl sites for hydroxylation is 2. The standard InChI is InChI=1S/C24H24F3N3/c1-6-8-10-18(7-2)22-16(4)28-23(29-22)21-13-15(3)30(17(21)5)20-12-9-11-19(14-20)24(25,26)27/h6-14H,1H2,2-5H3,(H,28,29)/b10-8-,18-7+. The van der Waals surface area contributed by atoms with Crippen LogP contribution in [0, 0.1) is 20.8 Å². The van der Waals surface area contributed by atoms with Crippen molar-refractivity contribution in [3.05, 3.63) is 89.6 Å². The number of benzene rings is 1. The van der Waals surface area contributed by atoms with Gasteiger partial charge in [0.25, 0.3) is 0 Å². The first-order valence-electron chi connectivity index (χ1n) is 9.56. The van der Waals surface area contributed by atoms with Crippen molar-refractivity contribution in [3.8, 4) is 17.1 Å². The fraction of sp³-hybridized carbons (Fsp3) is 0.208. The molecule has 6 heteroatoms. The number of nitrogens with one attached hydrogen (secondary N) is 1. The van der Waals surface area contributed by atoms with Crippen LogP contribution in [0.2, 0.25) is 0 Å². The second-order valence-corrected chi connectivity index (χ2v) is 7.07. The maximum Gasteiger partial charge on any atom is 0.416 e. The quantitative estimate of drug-likeness (QED) is 0.453. The summed E-state index contributed by atoms with van der Waals surface area (Å²) >= 11 is 0. The lowest BCUT2D eigenvalue weighted by Gasteiger charge is -2.13. The van der Waals surface area contributed by atoms with E-state index < -0.39 is 11.7 Å². The van der Waals surface area contributed by atoms with Crippen LogP contribution < -0.4 is 0 Å². The third-order valence-corrected chi connectivity index (χ3v) is 5.00. The molecule has 0 radical (unpaired) electrons. The molecule has 3 nitrogen and oxygen atoms in total. The number of imidazole rings is 1. The Bertz CT molecular complexity index is 1140. The zero-order chi connectivity index (χ0) is 22.1. The number of rotatable bonds is 5. The summed E-state index contributed by atoms with van der Waals surface area (Å²) in [6.07, 6.45) is 3.07. The summed E-state index contributed by atoms with van der Waals surface area (Å²) in [6.45, 7) is 11.3. The summed E-state index contributed by atoms with van der Waals surface area (Å²) in [5.41, 5.74) is 5.00. The van der Waals surface area contributed by atoms with Gasteiger partial charge in [-0.2, -0.15) is 13.2 Å². The largest absolute Gasteiger partial charge is 0.416 e. The van der Waals surface area contributed by atoms with E-state index in [9.17, 15) is 13.2 Å². The Kier molecular flexibility index (Phi) is 5.87. The smallest absolute Gasteiger partial charge is 0.341 e. The van der Waals surface area contributed by atoms with Gasteiger partial charge in [0, 0.05) is 28.3 Å². The maximum absolute atomic E-state index is 13.2. The molecular formula is C24H24F3N3. The highest BCUT2D eigenvalue weighted by Gasteiger charge is 2.30. The van der Waals surface area contributed by atoms with Crippen LogP contribution in [-0.4, -0.2) is 14.5 Å². The first-order chi connectivity index (χ1) is 14.2. The lowest BCUT2D eigenvalue weighted by molar-refractivity contribution is -0.137. The van der Waals surface area contributed by atoms with Gasteiger partial charge in [-0.1, -0.05) is 36.9 Å². The van der Waals surface area contributed by atoms with Gasteiger partial charge in [0.05, 0.1) is 11.3 Å². The van der Waals surface area contributed by atoms with Crippen molar-refractivity contribution in [3.63, 3.8) is 0 Å². The van der Waals surface area contributed by atoms with E-state index in [4.69, 9.17) is 4.98 Å². The van der Waals surface area contributed by atoms with Crippen molar-refractivity contribution in [2.45, 2.75) is 33.9 Å². The van der Waals surface area contributed by atoms with Crippen molar-refractivity contribution >= 4 is 5.57 Å². The highest BCUT2D eigenvalue weighted by atomic mass is 19.4. The molecule has 1 aromatic carbocycles. The Hall–Kier alpha value is -3.28. The second-order valence-electron chi connectivity index (χ2n) is 7.07. The maximum atomic E-state index is 13.2. The molecule has 0 fully saturated rings. The van der Waals surface area contributed by atoms with Crippen molar-refractivity contribution < 1.29 is 13.2 Å². The van der Waals surface area contributed by atoms with Crippen LogP contribution in [0.3, 0.4) is 0 Å². The second kappa shape index (κ2) is 8.22.